The van der Waals surface area contributed by atoms with Crippen molar-refractivity contribution >= 4 is 16.5 Å². The number of aromatic nitrogens is 1. The summed E-state index contributed by atoms with van der Waals surface area (Å²) in [5.41, 5.74) is 1.15. The number of rotatable bonds is 5. The minimum Gasteiger partial charge on any atom is -0.348 e. The summed E-state index contributed by atoms with van der Waals surface area (Å²) < 4.78 is 0. The van der Waals surface area contributed by atoms with Gasteiger partial charge in [0.2, 0.25) is 0 Å². The van der Waals surface area contributed by atoms with Gasteiger partial charge in [0.25, 0.3) is 0 Å². The maximum atomic E-state index is 4.69. The van der Waals surface area contributed by atoms with Gasteiger partial charge in [-0.1, -0.05) is 13.8 Å². The van der Waals surface area contributed by atoms with Crippen molar-refractivity contribution in [2.45, 2.75) is 46.7 Å². The molecule has 1 N–H and O–H groups in total. The van der Waals surface area contributed by atoms with Crippen LogP contribution in [-0.4, -0.2) is 25.1 Å². The molecule has 4 heteroatoms. The summed E-state index contributed by atoms with van der Waals surface area (Å²) in [6.45, 7) is 11.0. The van der Waals surface area contributed by atoms with E-state index in [1.165, 1.54) is 4.88 Å². The maximum absolute atomic E-state index is 4.69. The van der Waals surface area contributed by atoms with Gasteiger partial charge in [-0.25, -0.2) is 4.98 Å². The lowest BCUT2D eigenvalue weighted by Gasteiger charge is -2.27. The van der Waals surface area contributed by atoms with Crippen LogP contribution >= 0.6 is 11.3 Å². The van der Waals surface area contributed by atoms with Gasteiger partial charge in [0.15, 0.2) is 5.13 Å². The molecular weight excluding hydrogens is 230 g/mol. The van der Waals surface area contributed by atoms with Gasteiger partial charge in [0.1, 0.15) is 0 Å². The number of nitrogens with zero attached hydrogens (tertiary/aromatic N) is 2. The number of nitrogens with one attached hydrogen (secondary N) is 1. The molecule has 3 nitrogen and oxygen atoms in total. The smallest absolute Gasteiger partial charge is 0.185 e. The fourth-order valence-electron chi connectivity index (χ4n) is 1.70. The van der Waals surface area contributed by atoms with Crippen LogP contribution in [0.15, 0.2) is 0 Å². The Morgan fingerprint density at radius 1 is 1.24 bits per heavy atom. The van der Waals surface area contributed by atoms with Gasteiger partial charge < -0.3 is 10.2 Å². The summed E-state index contributed by atoms with van der Waals surface area (Å²) in [5.74, 6) is 0.634. The Hall–Kier alpha value is -0.610. The van der Waals surface area contributed by atoms with E-state index < -0.39 is 0 Å². The van der Waals surface area contributed by atoms with E-state index in [4.69, 9.17) is 0 Å². The molecule has 2 unspecified atom stereocenters. The highest BCUT2D eigenvalue weighted by Gasteiger charge is 2.19. The van der Waals surface area contributed by atoms with E-state index >= 15 is 0 Å². The number of aryl methyl sites for hydroxylation is 1. The zero-order valence-electron chi connectivity index (χ0n) is 12.0. The maximum Gasteiger partial charge on any atom is 0.185 e. The average Bonchev–Trinajstić information content (AvgIpc) is 2.68. The lowest BCUT2D eigenvalue weighted by molar-refractivity contribution is 0.505. The van der Waals surface area contributed by atoms with E-state index in [0.29, 0.717) is 18.0 Å². The molecule has 1 aromatic rings. The molecule has 2 atom stereocenters. The van der Waals surface area contributed by atoms with E-state index in [-0.39, 0.29) is 0 Å². The van der Waals surface area contributed by atoms with Crippen LogP contribution < -0.4 is 10.2 Å². The van der Waals surface area contributed by atoms with Gasteiger partial charge in [0, 0.05) is 24.0 Å². The number of hydrogen-bond donors (Lipinski definition) is 1. The SMILES string of the molecule is CNC(C)c1sc(N(C)C(C)C(C)C)nc1C. The summed E-state index contributed by atoms with van der Waals surface area (Å²) >= 11 is 1.80. The average molecular weight is 255 g/mol. The molecule has 0 aromatic carbocycles. The fraction of sp³-hybridized carbons (Fsp3) is 0.769. The van der Waals surface area contributed by atoms with Crippen LogP contribution in [0.25, 0.3) is 0 Å². The van der Waals surface area contributed by atoms with Crippen molar-refractivity contribution in [3.8, 4) is 0 Å². The van der Waals surface area contributed by atoms with Gasteiger partial charge in [-0.15, -0.1) is 11.3 Å². The molecule has 0 spiro atoms. The first-order chi connectivity index (χ1) is 7.88. The van der Waals surface area contributed by atoms with E-state index in [2.05, 4.69) is 56.9 Å². The van der Waals surface area contributed by atoms with Crippen molar-refractivity contribution in [1.82, 2.24) is 10.3 Å². The lowest BCUT2D eigenvalue weighted by Crippen LogP contribution is -2.32. The molecule has 98 valence electrons. The monoisotopic (exact) mass is 255 g/mol. The summed E-state index contributed by atoms with van der Waals surface area (Å²) in [5, 5.41) is 4.40. The molecule has 0 saturated carbocycles. The number of thiazole rings is 1. The van der Waals surface area contributed by atoms with Crippen LogP contribution in [-0.2, 0) is 0 Å². The molecule has 0 fully saturated rings. The summed E-state index contributed by atoms with van der Waals surface area (Å²) in [7, 11) is 4.13. The third-order valence-electron chi connectivity index (χ3n) is 3.52. The van der Waals surface area contributed by atoms with Crippen molar-refractivity contribution in [3.05, 3.63) is 10.6 Å². The molecular formula is C13H25N3S. The van der Waals surface area contributed by atoms with E-state index in [1.54, 1.807) is 11.3 Å². The molecule has 0 aliphatic rings. The van der Waals surface area contributed by atoms with Gasteiger partial charge >= 0.3 is 0 Å². The largest absolute Gasteiger partial charge is 0.348 e. The van der Waals surface area contributed by atoms with E-state index in [1.807, 2.05) is 7.05 Å². The molecule has 0 aliphatic heterocycles. The second-order valence-corrected chi connectivity index (χ2v) is 6.06. The Bertz CT molecular complexity index is 360. The molecule has 1 heterocycles. The van der Waals surface area contributed by atoms with Crippen molar-refractivity contribution in [3.63, 3.8) is 0 Å². The molecule has 0 radical (unpaired) electrons. The van der Waals surface area contributed by atoms with Crippen LogP contribution in [0.1, 0.15) is 44.3 Å². The first-order valence-corrected chi connectivity index (χ1v) is 7.07. The Morgan fingerprint density at radius 3 is 2.29 bits per heavy atom. The molecule has 1 rings (SSSR count). The third kappa shape index (κ3) is 3.19. The number of hydrogen-bond acceptors (Lipinski definition) is 4. The zero-order valence-corrected chi connectivity index (χ0v) is 12.9. The predicted molar refractivity (Wildman–Crippen MR) is 77.0 cm³/mol. The quantitative estimate of drug-likeness (QED) is 0.875. The van der Waals surface area contributed by atoms with Gasteiger partial charge in [-0.2, -0.15) is 0 Å². The Kier molecular flexibility index (Phi) is 4.95. The van der Waals surface area contributed by atoms with Crippen LogP contribution in [0.4, 0.5) is 5.13 Å². The Balaban J connectivity index is 2.93. The van der Waals surface area contributed by atoms with Crippen molar-refractivity contribution in [1.29, 1.82) is 0 Å². The molecule has 0 amide bonds. The predicted octanol–water partition coefficient (Wildman–Crippen LogP) is 3.21. The summed E-state index contributed by atoms with van der Waals surface area (Å²) in [6, 6.07) is 0.891. The Labute approximate surface area is 109 Å². The molecule has 0 bridgehead atoms. The van der Waals surface area contributed by atoms with E-state index in [0.717, 1.165) is 10.8 Å². The highest BCUT2D eigenvalue weighted by Crippen LogP contribution is 2.31. The highest BCUT2D eigenvalue weighted by molar-refractivity contribution is 7.15. The first-order valence-electron chi connectivity index (χ1n) is 6.25. The van der Waals surface area contributed by atoms with Gasteiger partial charge in [-0.3, -0.25) is 0 Å². The lowest BCUT2D eigenvalue weighted by atomic mass is 10.1. The molecule has 0 saturated heterocycles. The van der Waals surface area contributed by atoms with E-state index in [9.17, 15) is 0 Å². The normalized spacial score (nSPS) is 15.1. The fourth-order valence-corrected chi connectivity index (χ4v) is 2.88. The van der Waals surface area contributed by atoms with Gasteiger partial charge in [-0.05, 0) is 33.7 Å². The van der Waals surface area contributed by atoms with Gasteiger partial charge in [0.05, 0.1) is 5.69 Å². The van der Waals surface area contributed by atoms with Crippen LogP contribution in [0, 0.1) is 12.8 Å². The topological polar surface area (TPSA) is 28.2 Å². The Morgan fingerprint density at radius 2 is 1.82 bits per heavy atom. The molecule has 17 heavy (non-hydrogen) atoms. The van der Waals surface area contributed by atoms with Crippen molar-refractivity contribution in [2.24, 2.45) is 5.92 Å². The van der Waals surface area contributed by atoms with Crippen LogP contribution in [0.5, 0.6) is 0 Å². The minimum absolute atomic E-state index is 0.379. The summed E-state index contributed by atoms with van der Waals surface area (Å²) in [6.07, 6.45) is 0. The summed E-state index contributed by atoms with van der Waals surface area (Å²) in [4.78, 5) is 8.31. The third-order valence-corrected chi connectivity index (χ3v) is 4.96. The first kappa shape index (κ1) is 14.5. The van der Waals surface area contributed by atoms with Crippen LogP contribution in [0.3, 0.4) is 0 Å². The van der Waals surface area contributed by atoms with Crippen LogP contribution in [0.2, 0.25) is 0 Å². The van der Waals surface area contributed by atoms with Crippen molar-refractivity contribution < 1.29 is 0 Å². The molecule has 0 aliphatic carbocycles. The zero-order chi connectivity index (χ0) is 13.2. The molecule has 1 aromatic heterocycles. The minimum atomic E-state index is 0.379. The number of anilines is 1. The standard InChI is InChI=1S/C13H25N3S/c1-8(2)11(5)16(7)13-15-10(4)12(17-13)9(3)14-6/h8-9,11,14H,1-7H3. The van der Waals surface area contributed by atoms with Crippen molar-refractivity contribution in [2.75, 3.05) is 19.0 Å². The second-order valence-electron chi connectivity index (χ2n) is 5.05. The highest BCUT2D eigenvalue weighted by atomic mass is 32.1. The second kappa shape index (κ2) is 5.83.